The van der Waals surface area contributed by atoms with E-state index in [-0.39, 0.29) is 19.3 Å². The highest BCUT2D eigenvalue weighted by molar-refractivity contribution is 5.37. The van der Waals surface area contributed by atoms with Crippen LogP contribution in [0.1, 0.15) is 38.5 Å². The van der Waals surface area contributed by atoms with Crippen LogP contribution < -0.4 is 0 Å². The number of carbonyl (C=O) groups excluding carboxylic acids is 1. The molecule has 0 radical (unpaired) electrons. The van der Waals surface area contributed by atoms with Crippen molar-refractivity contribution < 1.29 is 41.0 Å². The Hall–Kier alpha value is -0.990. The average Bonchev–Trinajstić information content (AvgIpc) is 2.45. The normalized spacial score (nSPS) is 33.0. The molecule has 0 aliphatic heterocycles. The number of halogens is 6. The lowest BCUT2D eigenvalue weighted by molar-refractivity contribution is -0.394. The highest BCUT2D eigenvalue weighted by Gasteiger charge is 2.75. The lowest BCUT2D eigenvalue weighted by atomic mass is 9.59. The zero-order chi connectivity index (χ0) is 17.5. The minimum Gasteiger partial charge on any atom is -0.464 e. The standard InChI is InChI=1S/C14H18F6O3/c15-13(16,17)12(22,14(18,19)20)10-5-6-11(23-7-21)9-4-2-1-3-8(9)10/h7-11,22H,1-6H2. The molecule has 4 atom stereocenters. The van der Waals surface area contributed by atoms with Crippen LogP contribution in [0.5, 0.6) is 0 Å². The van der Waals surface area contributed by atoms with Gasteiger partial charge in [0.1, 0.15) is 6.10 Å². The summed E-state index contributed by atoms with van der Waals surface area (Å²) in [6.45, 7) is 0.177. The molecular weight excluding hydrogens is 330 g/mol. The van der Waals surface area contributed by atoms with Crippen molar-refractivity contribution in [2.24, 2.45) is 17.8 Å². The van der Waals surface area contributed by atoms with Gasteiger partial charge >= 0.3 is 12.4 Å². The zero-order valence-electron chi connectivity index (χ0n) is 12.2. The predicted molar refractivity (Wildman–Crippen MR) is 66.2 cm³/mol. The van der Waals surface area contributed by atoms with E-state index in [0.717, 1.165) is 0 Å². The van der Waals surface area contributed by atoms with Crippen molar-refractivity contribution in [2.45, 2.75) is 62.6 Å². The van der Waals surface area contributed by atoms with E-state index in [1.807, 2.05) is 0 Å². The van der Waals surface area contributed by atoms with Crippen LogP contribution in [0.15, 0.2) is 0 Å². The van der Waals surface area contributed by atoms with Gasteiger partial charge in [-0.1, -0.05) is 12.8 Å². The van der Waals surface area contributed by atoms with Crippen LogP contribution in [0.3, 0.4) is 0 Å². The zero-order valence-corrected chi connectivity index (χ0v) is 12.2. The molecule has 23 heavy (non-hydrogen) atoms. The highest BCUT2D eigenvalue weighted by Crippen LogP contribution is 2.57. The molecule has 0 aromatic carbocycles. The maximum absolute atomic E-state index is 13.1. The molecule has 134 valence electrons. The van der Waals surface area contributed by atoms with Crippen molar-refractivity contribution in [2.75, 3.05) is 0 Å². The number of hydrogen-bond acceptors (Lipinski definition) is 3. The van der Waals surface area contributed by atoms with Gasteiger partial charge in [-0.3, -0.25) is 4.79 Å². The molecule has 2 aliphatic rings. The Bertz CT molecular complexity index is 419. The monoisotopic (exact) mass is 348 g/mol. The third kappa shape index (κ3) is 3.04. The topological polar surface area (TPSA) is 46.5 Å². The average molecular weight is 348 g/mol. The molecule has 2 rings (SSSR count). The number of ether oxygens (including phenoxy) is 1. The number of aliphatic hydroxyl groups is 1. The van der Waals surface area contributed by atoms with Crippen LogP contribution in [-0.4, -0.2) is 35.6 Å². The van der Waals surface area contributed by atoms with E-state index in [0.29, 0.717) is 19.3 Å². The smallest absolute Gasteiger partial charge is 0.426 e. The molecule has 1 N–H and O–H groups in total. The van der Waals surface area contributed by atoms with Gasteiger partial charge < -0.3 is 9.84 Å². The second kappa shape index (κ2) is 6.14. The predicted octanol–water partition coefficient (Wildman–Crippen LogP) is 3.60. The Morgan fingerprint density at radius 1 is 0.870 bits per heavy atom. The Balaban J connectivity index is 2.39. The third-order valence-electron chi connectivity index (χ3n) is 5.26. The number of rotatable bonds is 3. The first-order valence-electron chi connectivity index (χ1n) is 7.49. The van der Waals surface area contributed by atoms with Crippen LogP contribution >= 0.6 is 0 Å². The van der Waals surface area contributed by atoms with Gasteiger partial charge in [-0.2, -0.15) is 26.3 Å². The second-order valence-electron chi connectivity index (χ2n) is 6.33. The minimum absolute atomic E-state index is 0.112. The first-order valence-corrected chi connectivity index (χ1v) is 7.49. The molecule has 3 nitrogen and oxygen atoms in total. The van der Waals surface area contributed by atoms with Gasteiger partial charge in [0.05, 0.1) is 0 Å². The van der Waals surface area contributed by atoms with Crippen molar-refractivity contribution in [1.82, 2.24) is 0 Å². The first-order chi connectivity index (χ1) is 10.5. The summed E-state index contributed by atoms with van der Waals surface area (Å²) in [6, 6.07) is 0. The van der Waals surface area contributed by atoms with E-state index < -0.39 is 48.2 Å². The molecule has 9 heteroatoms. The van der Waals surface area contributed by atoms with E-state index in [2.05, 4.69) is 0 Å². The fourth-order valence-corrected chi connectivity index (χ4v) is 4.26. The second-order valence-corrected chi connectivity index (χ2v) is 6.33. The van der Waals surface area contributed by atoms with Crippen molar-refractivity contribution in [3.05, 3.63) is 0 Å². The maximum Gasteiger partial charge on any atom is 0.426 e. The molecule has 0 aromatic heterocycles. The third-order valence-corrected chi connectivity index (χ3v) is 5.26. The molecule has 0 saturated heterocycles. The summed E-state index contributed by atoms with van der Waals surface area (Å²) in [5.74, 6) is -3.53. The molecule has 2 aliphatic carbocycles. The maximum atomic E-state index is 13.1. The molecule has 0 amide bonds. The highest BCUT2D eigenvalue weighted by atomic mass is 19.4. The SMILES string of the molecule is O=COC1CCC(C(O)(C(F)(F)F)C(F)(F)F)C2CCCCC12. The van der Waals surface area contributed by atoms with E-state index >= 15 is 0 Å². The van der Waals surface area contributed by atoms with Gasteiger partial charge in [0.25, 0.3) is 12.1 Å². The van der Waals surface area contributed by atoms with Gasteiger partial charge in [0, 0.05) is 5.92 Å². The quantitative estimate of drug-likeness (QED) is 0.626. The van der Waals surface area contributed by atoms with Crippen molar-refractivity contribution in [3.8, 4) is 0 Å². The lowest BCUT2D eigenvalue weighted by Gasteiger charge is -2.50. The Morgan fingerprint density at radius 2 is 1.39 bits per heavy atom. The summed E-state index contributed by atoms with van der Waals surface area (Å²) >= 11 is 0. The van der Waals surface area contributed by atoms with Gasteiger partial charge in [-0.25, -0.2) is 0 Å². The van der Waals surface area contributed by atoms with Crippen LogP contribution in [0, 0.1) is 17.8 Å². The van der Waals surface area contributed by atoms with Crippen LogP contribution in [0.25, 0.3) is 0 Å². The summed E-state index contributed by atoms with van der Waals surface area (Å²) in [6.07, 6.45) is -11.2. The van der Waals surface area contributed by atoms with E-state index in [1.54, 1.807) is 0 Å². The van der Waals surface area contributed by atoms with E-state index in [9.17, 15) is 36.2 Å². The molecule has 4 unspecified atom stereocenters. The Labute approximate surface area is 129 Å². The van der Waals surface area contributed by atoms with Crippen LogP contribution in [-0.2, 0) is 9.53 Å². The van der Waals surface area contributed by atoms with Gasteiger partial charge in [0.15, 0.2) is 0 Å². The van der Waals surface area contributed by atoms with E-state index in [1.165, 1.54) is 0 Å². The number of fused-ring (bicyclic) bond motifs is 1. The van der Waals surface area contributed by atoms with Gasteiger partial charge in [-0.15, -0.1) is 0 Å². The van der Waals surface area contributed by atoms with Crippen molar-refractivity contribution >= 4 is 6.47 Å². The summed E-state index contributed by atoms with van der Waals surface area (Å²) in [4.78, 5) is 10.5. The van der Waals surface area contributed by atoms with Crippen LogP contribution in [0.2, 0.25) is 0 Å². The largest absolute Gasteiger partial charge is 0.464 e. The summed E-state index contributed by atoms with van der Waals surface area (Å²) in [7, 11) is 0. The van der Waals surface area contributed by atoms with Crippen molar-refractivity contribution in [1.29, 1.82) is 0 Å². The van der Waals surface area contributed by atoms with E-state index in [4.69, 9.17) is 4.74 Å². The molecular formula is C14H18F6O3. The summed E-state index contributed by atoms with van der Waals surface area (Å²) in [5.41, 5.74) is -4.73. The summed E-state index contributed by atoms with van der Waals surface area (Å²) in [5, 5.41) is 9.70. The fraction of sp³-hybridized carbons (Fsp3) is 0.929. The minimum atomic E-state index is -5.81. The molecule has 0 spiro atoms. The van der Waals surface area contributed by atoms with Crippen LogP contribution in [0.4, 0.5) is 26.3 Å². The molecule has 0 heterocycles. The number of carbonyl (C=O) groups is 1. The molecule has 2 fully saturated rings. The van der Waals surface area contributed by atoms with Crippen molar-refractivity contribution in [3.63, 3.8) is 0 Å². The Morgan fingerprint density at radius 3 is 1.87 bits per heavy atom. The fourth-order valence-electron chi connectivity index (χ4n) is 4.26. The lowest BCUT2D eigenvalue weighted by Crippen LogP contribution is -2.65. The first kappa shape index (κ1) is 18.4. The van der Waals surface area contributed by atoms with Gasteiger partial charge in [-0.05, 0) is 37.5 Å². The van der Waals surface area contributed by atoms with Gasteiger partial charge in [0.2, 0.25) is 0 Å². The molecule has 0 bridgehead atoms. The molecule has 0 aromatic rings. The molecule has 2 saturated carbocycles. The number of alkyl halides is 6. The summed E-state index contributed by atoms with van der Waals surface area (Å²) < 4.78 is 83.6. The Kier molecular flexibility index (Phi) is 4.90. The number of hydrogen-bond donors (Lipinski definition) is 1.